The van der Waals surface area contributed by atoms with Crippen molar-refractivity contribution in [2.24, 2.45) is 233 Å². The molecular weight excluding hydrogens is 1390 g/mol. The zero-order valence-electron chi connectivity index (χ0n) is 83.2. The van der Waals surface area contributed by atoms with Crippen molar-refractivity contribution in [3.63, 3.8) is 0 Å². The summed E-state index contributed by atoms with van der Waals surface area (Å²) in [7, 11) is 0. The lowest BCUT2D eigenvalue weighted by atomic mass is 9.44. The van der Waals surface area contributed by atoms with Gasteiger partial charge in [-0.25, -0.2) is 0 Å². The second kappa shape index (κ2) is 37.8. The van der Waals surface area contributed by atoms with E-state index < -0.39 is 0 Å². The fourth-order valence-electron chi connectivity index (χ4n) is 38.0. The van der Waals surface area contributed by atoms with Crippen molar-refractivity contribution in [1.29, 1.82) is 0 Å². The van der Waals surface area contributed by atoms with Crippen molar-refractivity contribution in [3.05, 3.63) is 23.3 Å². The monoisotopic (exact) mass is 1600 g/mol. The summed E-state index contributed by atoms with van der Waals surface area (Å²) in [6.07, 6.45) is 74.4. The molecule has 16 aliphatic rings. The van der Waals surface area contributed by atoms with E-state index in [9.17, 15) is 0 Å². The van der Waals surface area contributed by atoms with Crippen LogP contribution >= 0.6 is 0 Å². The summed E-state index contributed by atoms with van der Waals surface area (Å²) in [5.74, 6) is 31.3. The van der Waals surface area contributed by atoms with Gasteiger partial charge in [0.25, 0.3) is 0 Å². The normalized spacial score (nSPS) is 47.3. The Morgan fingerprint density at radius 3 is 0.897 bits per heavy atom. The van der Waals surface area contributed by atoms with Crippen LogP contribution in [-0.4, -0.2) is 0 Å². The molecule has 0 amide bonds. The lowest BCUT2D eigenvalue weighted by Crippen LogP contribution is -2.53. The van der Waals surface area contributed by atoms with Crippen molar-refractivity contribution in [2.45, 2.75) is 475 Å². The molecule has 668 valence electrons. The zero-order chi connectivity index (χ0) is 83.6. The molecule has 0 aliphatic heterocycles. The maximum atomic E-state index is 2.76. The van der Waals surface area contributed by atoms with Gasteiger partial charge in [-0.1, -0.05) is 280 Å². The summed E-state index contributed by atoms with van der Waals surface area (Å²) in [6, 6.07) is 0. The molecule has 0 bridgehead atoms. The van der Waals surface area contributed by atoms with E-state index in [2.05, 4.69) is 192 Å². The van der Waals surface area contributed by atoms with E-state index >= 15 is 0 Å². The first-order valence-electron chi connectivity index (χ1n) is 54.3. The van der Waals surface area contributed by atoms with E-state index in [0.717, 1.165) is 189 Å². The molecule has 0 heteroatoms. The summed E-state index contributed by atoms with van der Waals surface area (Å²) in [6.45, 7) is 66.4. The van der Waals surface area contributed by atoms with Gasteiger partial charge in [-0.3, -0.25) is 0 Å². The van der Waals surface area contributed by atoms with Crippen LogP contribution in [0.1, 0.15) is 475 Å². The standard InChI is InChI=1S/C30H54.C30H52.C28H50.C28H48/c2*1-8-23(20(2)3)10-9-22(5)26-13-14-27-25-12-11-24-19-21(4)15-17-29(24,6)28(25)16-18-30(26,27)7;2*1-19(2)8-7-9-21(4)24-12-13-25-23-11-10-22-18-20(3)14-16-27(22,5)26(23)15-17-28(24,25)6/h20-28H,8-19H2,1-7H3;11,20-23,25-28H,8-10,12-19H2,1-7H3;19-26H,7-18H2,1-6H3;10,19-21,23-26H,7-9,11-18H2,1-6H3. The van der Waals surface area contributed by atoms with Gasteiger partial charge in [0.2, 0.25) is 0 Å². The van der Waals surface area contributed by atoms with E-state index in [-0.39, 0.29) is 0 Å². The maximum Gasteiger partial charge on any atom is -0.00851 e. The molecule has 0 aromatic carbocycles. The molecule has 0 saturated heterocycles. The van der Waals surface area contributed by atoms with Crippen molar-refractivity contribution in [2.75, 3.05) is 0 Å². The number of allylic oxidation sites excluding steroid dienone is 4. The predicted molar refractivity (Wildman–Crippen MR) is 507 cm³/mol. The second-order valence-electron chi connectivity index (χ2n) is 52.7. The molecule has 14 fully saturated rings. The Labute approximate surface area is 726 Å². The van der Waals surface area contributed by atoms with Crippen LogP contribution in [0.2, 0.25) is 0 Å². The second-order valence-corrected chi connectivity index (χ2v) is 52.7. The van der Waals surface area contributed by atoms with Crippen LogP contribution in [-0.2, 0) is 0 Å². The highest BCUT2D eigenvalue weighted by Gasteiger charge is 2.65. The average Bonchev–Trinajstić information content (AvgIpc) is 1.52. The average molecular weight is 1600 g/mol. The topological polar surface area (TPSA) is 0 Å². The molecule has 0 aromatic rings. The van der Waals surface area contributed by atoms with E-state index in [0.29, 0.717) is 43.3 Å². The molecule has 116 heavy (non-hydrogen) atoms. The third kappa shape index (κ3) is 18.1. The van der Waals surface area contributed by atoms with Crippen LogP contribution in [0.25, 0.3) is 0 Å². The minimum atomic E-state index is 0.548. The Morgan fingerprint density at radius 2 is 0.578 bits per heavy atom. The first-order chi connectivity index (χ1) is 54.9. The number of rotatable bonds is 22. The molecule has 0 nitrogen and oxygen atoms in total. The minimum absolute atomic E-state index is 0.548. The Kier molecular flexibility index (Phi) is 30.3. The van der Waals surface area contributed by atoms with Crippen LogP contribution in [0.4, 0.5) is 0 Å². The lowest BCUT2D eigenvalue weighted by molar-refractivity contribution is -0.120. The predicted octanol–water partition coefficient (Wildman–Crippen LogP) is 36.1. The molecule has 16 aliphatic carbocycles. The van der Waals surface area contributed by atoms with Gasteiger partial charge >= 0.3 is 0 Å². The van der Waals surface area contributed by atoms with Gasteiger partial charge in [-0.15, -0.1) is 0 Å². The maximum absolute atomic E-state index is 2.76. The smallest absolute Gasteiger partial charge is 0.00851 e. The van der Waals surface area contributed by atoms with Crippen molar-refractivity contribution in [1.82, 2.24) is 0 Å². The third-order valence-electron chi connectivity index (χ3n) is 45.4. The fourth-order valence-corrected chi connectivity index (χ4v) is 38.0. The quantitative estimate of drug-likeness (QED) is 0.0948. The van der Waals surface area contributed by atoms with E-state index in [1.807, 2.05) is 11.1 Å². The zero-order valence-corrected chi connectivity index (χ0v) is 83.2. The molecule has 14 saturated carbocycles. The summed E-state index contributed by atoms with van der Waals surface area (Å²) in [5, 5.41) is 0. The summed E-state index contributed by atoms with van der Waals surface area (Å²) in [5.41, 5.74) is 8.81. The van der Waals surface area contributed by atoms with Gasteiger partial charge in [0.1, 0.15) is 0 Å². The Hall–Kier alpha value is -0.520. The molecule has 36 atom stereocenters. The number of hydrogen-bond acceptors (Lipinski definition) is 0. The highest BCUT2D eigenvalue weighted by molar-refractivity contribution is 5.27. The van der Waals surface area contributed by atoms with Crippen LogP contribution in [0.5, 0.6) is 0 Å². The molecule has 0 heterocycles. The highest BCUT2D eigenvalue weighted by atomic mass is 14.7. The molecule has 0 N–H and O–H groups in total. The fraction of sp³-hybridized carbons (Fsp3) is 0.966. The Bertz CT molecular complexity index is 3150. The summed E-state index contributed by atoms with van der Waals surface area (Å²) in [4.78, 5) is 0. The molecule has 0 radical (unpaired) electrons. The van der Waals surface area contributed by atoms with Gasteiger partial charge < -0.3 is 0 Å². The molecular formula is C116H204. The molecule has 36 unspecified atom stereocenters. The van der Waals surface area contributed by atoms with Crippen LogP contribution in [0.3, 0.4) is 0 Å². The van der Waals surface area contributed by atoms with Gasteiger partial charge in [0.15, 0.2) is 0 Å². The first-order valence-corrected chi connectivity index (χ1v) is 54.3. The summed E-state index contributed by atoms with van der Waals surface area (Å²) >= 11 is 0. The van der Waals surface area contributed by atoms with Gasteiger partial charge in [0.05, 0.1) is 0 Å². The lowest BCUT2D eigenvalue weighted by Gasteiger charge is -2.61. The molecule has 16 rings (SSSR count). The Morgan fingerprint density at radius 1 is 0.284 bits per heavy atom. The van der Waals surface area contributed by atoms with Crippen molar-refractivity contribution in [3.8, 4) is 0 Å². The number of fused-ring (bicyclic) bond motifs is 20. The third-order valence-corrected chi connectivity index (χ3v) is 45.4. The van der Waals surface area contributed by atoms with Gasteiger partial charge in [-0.2, -0.15) is 0 Å². The first kappa shape index (κ1) is 93.1. The van der Waals surface area contributed by atoms with Crippen molar-refractivity contribution >= 4 is 0 Å². The molecule has 0 spiro atoms. The van der Waals surface area contributed by atoms with E-state index in [1.165, 1.54) is 212 Å². The van der Waals surface area contributed by atoms with Crippen LogP contribution < -0.4 is 0 Å². The largest absolute Gasteiger partial charge is 0.0845 e. The number of hydrogen-bond donors (Lipinski definition) is 0. The van der Waals surface area contributed by atoms with Crippen LogP contribution in [0, 0.1) is 233 Å². The minimum Gasteiger partial charge on any atom is -0.0845 e. The van der Waals surface area contributed by atoms with Gasteiger partial charge in [0, 0.05) is 0 Å². The SMILES string of the molecule is CC(C)CCCC(C)C1CCC2C3CC=C4CC(C)CCC4(C)C3CCC12C.CC(C)CCCC(C)C1CCC2C3CCC4CC(C)CCC4(C)C3CCC12C.CCC(CCC(C)C1CCC2C3CC=C4CC(C)CCC4(C)C3CCC12C)C(C)C.CCC(CCC(C)C1CCC2C3CCC4CC(C)CCC4(C)C3CCC12C)C(C)C. The van der Waals surface area contributed by atoms with Crippen molar-refractivity contribution < 1.29 is 0 Å². The van der Waals surface area contributed by atoms with E-state index in [1.54, 1.807) is 83.5 Å². The van der Waals surface area contributed by atoms with Gasteiger partial charge in [-0.05, 0) is 451 Å². The molecule has 0 aromatic heterocycles. The highest BCUT2D eigenvalue weighted by Crippen LogP contribution is 2.74. The summed E-state index contributed by atoms with van der Waals surface area (Å²) < 4.78 is 0. The van der Waals surface area contributed by atoms with Crippen LogP contribution in [0.15, 0.2) is 23.3 Å². The Balaban J connectivity index is 0.000000135. The van der Waals surface area contributed by atoms with E-state index in [4.69, 9.17) is 0 Å².